The molecule has 0 aliphatic carbocycles. The molecule has 1 aromatic carbocycles. The van der Waals surface area contributed by atoms with Crippen LogP contribution in [0.15, 0.2) is 30.5 Å². The van der Waals surface area contributed by atoms with E-state index >= 15 is 0 Å². The lowest BCUT2D eigenvalue weighted by Gasteiger charge is -2.25. The second kappa shape index (κ2) is 18.9. The largest absolute Gasteiger partial charge is 0.361 e. The summed E-state index contributed by atoms with van der Waals surface area (Å²) < 4.78 is 0. The fraction of sp³-hybridized carbons (Fsp3) is 0.586. The Kier molecular flexibility index (Phi) is 15.6. The number of hydrogen-bond donors (Lipinski definition) is 8. The van der Waals surface area contributed by atoms with Crippen molar-refractivity contribution in [3.8, 4) is 0 Å². The number of H-pyrrole nitrogens is 1. The zero-order chi connectivity index (χ0) is 30.0. The summed E-state index contributed by atoms with van der Waals surface area (Å²) in [4.78, 5) is 54.3. The summed E-state index contributed by atoms with van der Waals surface area (Å²) in [6, 6.07) is 4.39. The van der Waals surface area contributed by atoms with Gasteiger partial charge in [-0.25, -0.2) is 0 Å². The molecule has 0 spiro atoms. The Balaban J connectivity index is 2.09. The van der Waals surface area contributed by atoms with Crippen LogP contribution in [0.25, 0.3) is 10.9 Å². The molecular weight excluding hydrogens is 524 g/mol. The van der Waals surface area contributed by atoms with Crippen molar-refractivity contribution in [2.24, 2.45) is 22.9 Å². The van der Waals surface area contributed by atoms with Crippen molar-refractivity contribution in [1.29, 1.82) is 0 Å². The number of aromatic amines is 1. The highest BCUT2D eigenvalue weighted by Gasteiger charge is 2.29. The first-order chi connectivity index (χ1) is 19.8. The normalized spacial score (nSPS) is 14.1. The predicted octanol–water partition coefficient (Wildman–Crippen LogP) is 0.0780. The maximum atomic E-state index is 13.4. The Morgan fingerprint density at radius 1 is 0.756 bits per heavy atom. The first kappa shape index (κ1) is 33.9. The van der Waals surface area contributed by atoms with E-state index in [0.717, 1.165) is 22.9 Å². The number of fused-ring (bicyclic) bond motifs is 1. The molecule has 1 aromatic heterocycles. The molecule has 12 N–H and O–H groups in total. The molecular formula is C29H48N8O4. The van der Waals surface area contributed by atoms with Crippen LogP contribution in [0.1, 0.15) is 63.4 Å². The molecule has 228 valence electrons. The molecule has 0 bridgehead atoms. The first-order valence-corrected chi connectivity index (χ1v) is 14.6. The minimum Gasteiger partial charge on any atom is -0.361 e. The van der Waals surface area contributed by atoms with E-state index in [4.69, 9.17) is 22.9 Å². The molecule has 0 unspecified atom stereocenters. The van der Waals surface area contributed by atoms with E-state index in [0.29, 0.717) is 77.3 Å². The zero-order valence-corrected chi connectivity index (χ0v) is 23.9. The molecule has 3 amide bonds. The monoisotopic (exact) mass is 572 g/mol. The molecule has 4 atom stereocenters. The number of amides is 3. The number of nitrogens with two attached hydrogens (primary N) is 4. The standard InChI is InChI=1S/C29H48N8O4/c30-14-6-3-9-21(19-38)35-28(40)25(12-4-7-15-31)37-29(41)26(13-5-8-16-32)36-27(39)23(33)17-20-18-34-24-11-2-1-10-22(20)24/h1-2,10-11,18-19,21,23,25-26,34H,3-9,12-17,30-33H2,(H,35,40)(H,36,39)(H,37,41)/t21-,23-,25-,26-/m0/s1. The van der Waals surface area contributed by atoms with Gasteiger partial charge in [0.25, 0.3) is 0 Å². The van der Waals surface area contributed by atoms with Gasteiger partial charge in [-0.3, -0.25) is 14.4 Å². The SMILES string of the molecule is NCCCC[C@@H](C=O)NC(=O)[C@H](CCCCN)NC(=O)[C@H](CCCCN)NC(=O)[C@@H](N)Cc1c[nH]c2ccccc12. The average Bonchev–Trinajstić information content (AvgIpc) is 3.38. The Bertz CT molecular complexity index is 1090. The minimum atomic E-state index is -0.903. The summed E-state index contributed by atoms with van der Waals surface area (Å²) in [5, 5.41) is 9.29. The van der Waals surface area contributed by atoms with Crippen molar-refractivity contribution >= 4 is 34.9 Å². The first-order valence-electron chi connectivity index (χ1n) is 14.6. The van der Waals surface area contributed by atoms with Crippen LogP contribution in [-0.4, -0.2) is 72.8 Å². The third-order valence-electron chi connectivity index (χ3n) is 7.07. The molecule has 12 heteroatoms. The Morgan fingerprint density at radius 2 is 1.29 bits per heavy atom. The van der Waals surface area contributed by atoms with E-state index in [9.17, 15) is 19.2 Å². The Hall–Kier alpha value is -3.32. The van der Waals surface area contributed by atoms with Gasteiger partial charge in [-0.2, -0.15) is 0 Å². The summed E-state index contributed by atoms with van der Waals surface area (Å²) >= 11 is 0. The Morgan fingerprint density at radius 3 is 1.88 bits per heavy atom. The van der Waals surface area contributed by atoms with Crippen LogP contribution in [0.4, 0.5) is 0 Å². The highest BCUT2D eigenvalue weighted by molar-refractivity contribution is 5.94. The van der Waals surface area contributed by atoms with Crippen molar-refractivity contribution < 1.29 is 19.2 Å². The minimum absolute atomic E-state index is 0.286. The van der Waals surface area contributed by atoms with Crippen molar-refractivity contribution in [3.05, 3.63) is 36.0 Å². The number of carbonyl (C=O) groups is 4. The van der Waals surface area contributed by atoms with E-state index in [1.165, 1.54) is 0 Å². The lowest BCUT2D eigenvalue weighted by Crippen LogP contribution is -2.56. The van der Waals surface area contributed by atoms with Crippen LogP contribution in [0, 0.1) is 0 Å². The van der Waals surface area contributed by atoms with Gasteiger partial charge in [0.1, 0.15) is 18.4 Å². The van der Waals surface area contributed by atoms with Crippen LogP contribution >= 0.6 is 0 Å². The molecule has 0 fully saturated rings. The summed E-state index contributed by atoms with van der Waals surface area (Å²) in [5.74, 6) is -1.41. The predicted molar refractivity (Wildman–Crippen MR) is 161 cm³/mol. The second-order valence-electron chi connectivity index (χ2n) is 10.4. The van der Waals surface area contributed by atoms with E-state index in [-0.39, 0.29) is 6.42 Å². The number of aromatic nitrogens is 1. The molecule has 0 radical (unpaired) electrons. The van der Waals surface area contributed by atoms with Gasteiger partial charge < -0.3 is 48.7 Å². The molecule has 2 rings (SSSR count). The fourth-order valence-corrected chi connectivity index (χ4v) is 4.67. The molecule has 0 saturated carbocycles. The molecule has 41 heavy (non-hydrogen) atoms. The maximum absolute atomic E-state index is 13.4. The number of unbranched alkanes of at least 4 members (excludes halogenated alkanes) is 3. The number of nitrogens with one attached hydrogen (secondary N) is 4. The van der Waals surface area contributed by atoms with Gasteiger partial charge in [0.2, 0.25) is 17.7 Å². The van der Waals surface area contributed by atoms with Crippen LogP contribution in [0.3, 0.4) is 0 Å². The van der Waals surface area contributed by atoms with Gasteiger partial charge in [-0.15, -0.1) is 0 Å². The van der Waals surface area contributed by atoms with Crippen molar-refractivity contribution in [2.75, 3.05) is 19.6 Å². The van der Waals surface area contributed by atoms with Crippen molar-refractivity contribution in [3.63, 3.8) is 0 Å². The number of aldehydes is 1. The quantitative estimate of drug-likeness (QED) is 0.0753. The van der Waals surface area contributed by atoms with Crippen molar-refractivity contribution in [1.82, 2.24) is 20.9 Å². The number of rotatable bonds is 21. The lowest BCUT2D eigenvalue weighted by atomic mass is 10.0. The van der Waals surface area contributed by atoms with Gasteiger partial charge in [0.15, 0.2) is 0 Å². The number of hydrogen-bond acceptors (Lipinski definition) is 8. The van der Waals surface area contributed by atoms with Crippen LogP contribution in [0.2, 0.25) is 0 Å². The van der Waals surface area contributed by atoms with Crippen molar-refractivity contribution in [2.45, 2.75) is 88.4 Å². The zero-order valence-electron chi connectivity index (χ0n) is 23.9. The van der Waals surface area contributed by atoms with Gasteiger partial charge in [0.05, 0.1) is 12.1 Å². The lowest BCUT2D eigenvalue weighted by molar-refractivity contribution is -0.133. The van der Waals surface area contributed by atoms with E-state index in [1.807, 2.05) is 30.5 Å². The topological polar surface area (TPSA) is 224 Å². The Labute approximate surface area is 242 Å². The van der Waals surface area contributed by atoms with Crippen LogP contribution in [-0.2, 0) is 25.6 Å². The smallest absolute Gasteiger partial charge is 0.243 e. The molecule has 0 aliphatic heterocycles. The number of para-hydroxylation sites is 1. The van der Waals surface area contributed by atoms with Gasteiger partial charge in [-0.05, 0) is 95.5 Å². The van der Waals surface area contributed by atoms with Crippen LogP contribution < -0.4 is 38.9 Å². The highest BCUT2D eigenvalue weighted by atomic mass is 16.2. The van der Waals surface area contributed by atoms with Crippen LogP contribution in [0.5, 0.6) is 0 Å². The molecule has 0 aliphatic rings. The molecule has 0 saturated heterocycles. The van der Waals surface area contributed by atoms with E-state index < -0.39 is 41.9 Å². The molecule has 1 heterocycles. The third-order valence-corrected chi connectivity index (χ3v) is 7.07. The highest BCUT2D eigenvalue weighted by Crippen LogP contribution is 2.19. The van der Waals surface area contributed by atoms with Gasteiger partial charge >= 0.3 is 0 Å². The number of carbonyl (C=O) groups excluding carboxylic acids is 4. The van der Waals surface area contributed by atoms with E-state index in [1.54, 1.807) is 0 Å². The second-order valence-corrected chi connectivity index (χ2v) is 10.4. The molecule has 12 nitrogen and oxygen atoms in total. The van der Waals surface area contributed by atoms with Gasteiger partial charge in [-0.1, -0.05) is 18.2 Å². The fourth-order valence-electron chi connectivity index (χ4n) is 4.67. The van der Waals surface area contributed by atoms with E-state index in [2.05, 4.69) is 20.9 Å². The third kappa shape index (κ3) is 11.6. The summed E-state index contributed by atoms with van der Waals surface area (Å²) in [5.41, 5.74) is 24.9. The van der Waals surface area contributed by atoms with Gasteiger partial charge in [0, 0.05) is 17.1 Å². The number of benzene rings is 1. The summed E-state index contributed by atoms with van der Waals surface area (Å²) in [6.45, 7) is 1.40. The maximum Gasteiger partial charge on any atom is 0.243 e. The average molecular weight is 573 g/mol. The summed E-state index contributed by atoms with van der Waals surface area (Å²) in [6.07, 6.45) is 7.93. The molecule has 2 aromatic rings. The summed E-state index contributed by atoms with van der Waals surface area (Å²) in [7, 11) is 0.